The van der Waals surface area contributed by atoms with Gasteiger partial charge in [0, 0.05) is 18.2 Å². The van der Waals surface area contributed by atoms with Crippen LogP contribution in [0.4, 0.5) is 5.95 Å². The third kappa shape index (κ3) is 3.73. The second-order valence-electron chi connectivity index (χ2n) is 6.15. The lowest BCUT2D eigenvalue weighted by atomic mass is 9.98. The summed E-state index contributed by atoms with van der Waals surface area (Å²) in [6.07, 6.45) is 1.11. The van der Waals surface area contributed by atoms with Crippen molar-refractivity contribution in [2.45, 2.75) is 33.3 Å². The summed E-state index contributed by atoms with van der Waals surface area (Å²) in [4.78, 5) is 8.82. The molecule has 0 aliphatic heterocycles. The lowest BCUT2D eigenvalue weighted by Crippen LogP contribution is -2.27. The van der Waals surface area contributed by atoms with Crippen LogP contribution in [0.2, 0.25) is 0 Å². The van der Waals surface area contributed by atoms with Crippen molar-refractivity contribution in [3.8, 4) is 11.3 Å². The van der Waals surface area contributed by atoms with Crippen molar-refractivity contribution in [3.63, 3.8) is 0 Å². The van der Waals surface area contributed by atoms with E-state index in [1.54, 1.807) is 0 Å². The zero-order chi connectivity index (χ0) is 18.1. The van der Waals surface area contributed by atoms with E-state index in [0.717, 1.165) is 21.7 Å². The molecule has 0 spiro atoms. The molecule has 1 heterocycles. The van der Waals surface area contributed by atoms with E-state index in [1.165, 1.54) is 7.05 Å². The van der Waals surface area contributed by atoms with Gasteiger partial charge in [-0.3, -0.25) is 0 Å². The average molecular weight is 349 g/mol. The summed E-state index contributed by atoms with van der Waals surface area (Å²) < 4.78 is 24.8. The molecule has 0 bridgehead atoms. The normalized spacial score (nSPS) is 11.8. The van der Waals surface area contributed by atoms with Crippen molar-refractivity contribution >= 4 is 16.0 Å². The number of rotatable bonds is 5. The first-order valence-electron chi connectivity index (χ1n) is 7.67. The largest absolute Gasteiger partial charge is 0.392 e. The summed E-state index contributed by atoms with van der Waals surface area (Å²) in [5, 5.41) is 9.84. The quantitative estimate of drug-likeness (QED) is 0.896. The molecule has 130 valence electrons. The van der Waals surface area contributed by atoms with Gasteiger partial charge in [-0.1, -0.05) is 43.7 Å². The number of aryl methyl sites for hydroxylation is 1. The van der Waals surface area contributed by atoms with E-state index in [-0.39, 0.29) is 18.5 Å². The molecule has 7 heteroatoms. The number of aromatic nitrogens is 2. The first-order valence-corrected chi connectivity index (χ1v) is 9.52. The third-order valence-electron chi connectivity index (χ3n) is 3.84. The molecule has 1 aromatic heterocycles. The van der Waals surface area contributed by atoms with E-state index in [2.05, 4.69) is 9.97 Å². The van der Waals surface area contributed by atoms with Gasteiger partial charge in [0.15, 0.2) is 0 Å². The molecule has 0 fully saturated rings. The van der Waals surface area contributed by atoms with E-state index in [1.807, 2.05) is 45.0 Å². The van der Waals surface area contributed by atoms with E-state index >= 15 is 0 Å². The molecule has 0 aliphatic carbocycles. The maximum absolute atomic E-state index is 11.9. The molecule has 1 aromatic carbocycles. The average Bonchev–Trinajstić information content (AvgIpc) is 2.52. The van der Waals surface area contributed by atoms with Crippen molar-refractivity contribution in [1.29, 1.82) is 0 Å². The van der Waals surface area contributed by atoms with E-state index in [0.29, 0.717) is 17.0 Å². The van der Waals surface area contributed by atoms with Crippen LogP contribution < -0.4 is 4.31 Å². The fourth-order valence-electron chi connectivity index (χ4n) is 2.36. The lowest BCUT2D eigenvalue weighted by Gasteiger charge is -2.20. The summed E-state index contributed by atoms with van der Waals surface area (Å²) in [5.41, 5.74) is 3.75. The van der Waals surface area contributed by atoms with Crippen LogP contribution in [0.25, 0.3) is 11.3 Å². The Balaban J connectivity index is 2.76. The predicted octanol–water partition coefficient (Wildman–Crippen LogP) is 2.46. The van der Waals surface area contributed by atoms with Gasteiger partial charge in [0.1, 0.15) is 0 Å². The number of aliphatic hydroxyl groups is 1. The summed E-state index contributed by atoms with van der Waals surface area (Å²) in [6, 6.07) is 7.72. The molecule has 0 amide bonds. The molecule has 2 aromatic rings. The highest BCUT2D eigenvalue weighted by Crippen LogP contribution is 2.30. The summed E-state index contributed by atoms with van der Waals surface area (Å²) in [6.45, 7) is 5.67. The second kappa shape index (κ2) is 6.86. The van der Waals surface area contributed by atoms with Gasteiger partial charge in [-0.05, 0) is 12.8 Å². The number of anilines is 1. The molecule has 0 aliphatic rings. The first kappa shape index (κ1) is 18.4. The molecule has 1 N–H and O–H groups in total. The van der Waals surface area contributed by atoms with Gasteiger partial charge in [-0.2, -0.15) is 0 Å². The summed E-state index contributed by atoms with van der Waals surface area (Å²) in [7, 11) is -2.05. The molecule has 0 atom stereocenters. The van der Waals surface area contributed by atoms with Crippen LogP contribution in [0.1, 0.15) is 36.6 Å². The molecular weight excluding hydrogens is 326 g/mol. The molecule has 24 heavy (non-hydrogen) atoms. The minimum absolute atomic E-state index is 0.0195. The molecule has 0 saturated carbocycles. The molecular formula is C17H23N3O3S. The molecule has 6 nitrogen and oxygen atoms in total. The van der Waals surface area contributed by atoms with Gasteiger partial charge in [-0.15, -0.1) is 0 Å². The number of benzene rings is 1. The van der Waals surface area contributed by atoms with E-state index in [4.69, 9.17) is 0 Å². The lowest BCUT2D eigenvalue weighted by molar-refractivity contribution is 0.279. The van der Waals surface area contributed by atoms with Crippen LogP contribution in [-0.2, 0) is 16.6 Å². The van der Waals surface area contributed by atoms with Crippen molar-refractivity contribution in [2.75, 3.05) is 17.6 Å². The number of hydrogen-bond donors (Lipinski definition) is 1. The Labute approximate surface area is 143 Å². The molecule has 0 unspecified atom stereocenters. The smallest absolute Gasteiger partial charge is 0.239 e. The van der Waals surface area contributed by atoms with Crippen LogP contribution in [0.15, 0.2) is 24.3 Å². The van der Waals surface area contributed by atoms with Gasteiger partial charge in [0.05, 0.1) is 24.3 Å². The highest BCUT2D eigenvalue weighted by molar-refractivity contribution is 7.92. The zero-order valence-electron chi connectivity index (χ0n) is 14.6. The number of nitrogens with zero attached hydrogens (tertiary/aromatic N) is 3. The maximum Gasteiger partial charge on any atom is 0.239 e. The minimum Gasteiger partial charge on any atom is -0.392 e. The highest BCUT2D eigenvalue weighted by atomic mass is 32.2. The Morgan fingerprint density at radius 2 is 1.75 bits per heavy atom. The Bertz CT molecular complexity index is 831. The van der Waals surface area contributed by atoms with Crippen LogP contribution in [-0.4, -0.2) is 36.8 Å². The van der Waals surface area contributed by atoms with Gasteiger partial charge in [-0.25, -0.2) is 22.7 Å². The first-order chi connectivity index (χ1) is 11.1. The van der Waals surface area contributed by atoms with Crippen molar-refractivity contribution in [3.05, 3.63) is 41.1 Å². The maximum atomic E-state index is 11.9. The standard InChI is InChI=1S/C17H23N3O3S/c1-11(2)15-14(10-21)16(13-8-6-12(3)7-9-13)19-17(18-15)20(4)24(5,22)23/h6-9,11,21H,10H2,1-5H3. The van der Waals surface area contributed by atoms with Crippen molar-refractivity contribution < 1.29 is 13.5 Å². The topological polar surface area (TPSA) is 83.4 Å². The Hall–Kier alpha value is -1.99. The molecule has 0 saturated heterocycles. The third-order valence-corrected chi connectivity index (χ3v) is 4.99. The van der Waals surface area contributed by atoms with E-state index in [9.17, 15) is 13.5 Å². The molecule has 2 rings (SSSR count). The van der Waals surface area contributed by atoms with Crippen molar-refractivity contribution in [1.82, 2.24) is 9.97 Å². The number of hydrogen-bond acceptors (Lipinski definition) is 5. The van der Waals surface area contributed by atoms with Crippen LogP contribution in [0.5, 0.6) is 0 Å². The predicted molar refractivity (Wildman–Crippen MR) is 95.5 cm³/mol. The fourth-order valence-corrected chi connectivity index (χ4v) is 2.74. The highest BCUT2D eigenvalue weighted by Gasteiger charge is 2.22. The van der Waals surface area contributed by atoms with Crippen LogP contribution >= 0.6 is 0 Å². The van der Waals surface area contributed by atoms with E-state index < -0.39 is 10.0 Å². The Morgan fingerprint density at radius 3 is 2.21 bits per heavy atom. The fraction of sp³-hybridized carbons (Fsp3) is 0.412. The molecule has 0 radical (unpaired) electrons. The number of aliphatic hydroxyl groups excluding tert-OH is 1. The second-order valence-corrected chi connectivity index (χ2v) is 8.16. The minimum atomic E-state index is -3.48. The monoisotopic (exact) mass is 349 g/mol. The summed E-state index contributed by atoms with van der Waals surface area (Å²) in [5.74, 6) is 0.125. The van der Waals surface area contributed by atoms with Crippen LogP contribution in [0.3, 0.4) is 0 Å². The van der Waals surface area contributed by atoms with Crippen LogP contribution in [0, 0.1) is 6.92 Å². The Kier molecular flexibility index (Phi) is 5.25. The summed E-state index contributed by atoms with van der Waals surface area (Å²) >= 11 is 0. The zero-order valence-corrected chi connectivity index (χ0v) is 15.4. The van der Waals surface area contributed by atoms with Gasteiger partial charge in [0.25, 0.3) is 0 Å². The van der Waals surface area contributed by atoms with Gasteiger partial charge in [0.2, 0.25) is 16.0 Å². The van der Waals surface area contributed by atoms with Gasteiger partial charge >= 0.3 is 0 Å². The SMILES string of the molecule is Cc1ccc(-c2nc(N(C)S(C)(=O)=O)nc(C(C)C)c2CO)cc1. The Morgan fingerprint density at radius 1 is 1.17 bits per heavy atom. The number of sulfonamides is 1. The van der Waals surface area contributed by atoms with Crippen molar-refractivity contribution in [2.24, 2.45) is 0 Å². The van der Waals surface area contributed by atoms with Gasteiger partial charge < -0.3 is 5.11 Å².